The molecule has 1 aliphatic heterocycles. The summed E-state index contributed by atoms with van der Waals surface area (Å²) in [5.74, 6) is 0.689. The van der Waals surface area contributed by atoms with Crippen LogP contribution in [0.15, 0.2) is 28.7 Å². The second-order valence-electron chi connectivity index (χ2n) is 6.44. The fraction of sp³-hybridized carbons (Fsp3) is 0.421. The van der Waals surface area contributed by atoms with Gasteiger partial charge in [-0.1, -0.05) is 12.1 Å². The van der Waals surface area contributed by atoms with Gasteiger partial charge in [-0.2, -0.15) is 0 Å². The van der Waals surface area contributed by atoms with E-state index in [1.165, 1.54) is 0 Å². The van der Waals surface area contributed by atoms with Crippen LogP contribution in [0.4, 0.5) is 5.82 Å². The third-order valence-corrected chi connectivity index (χ3v) is 4.58. The van der Waals surface area contributed by atoms with Gasteiger partial charge in [0, 0.05) is 24.9 Å². The maximum atomic E-state index is 10.5. The second kappa shape index (κ2) is 7.29. The Morgan fingerprint density at radius 2 is 2.00 bits per heavy atom. The Morgan fingerprint density at radius 3 is 2.81 bits per heavy atom. The molecular weight excluding hydrogens is 334 g/mol. The second-order valence-corrected chi connectivity index (χ2v) is 6.44. The standard InChI is InChI=1S/C19H21N3O4/c23-16(24)8-12-25-11-7-15-20-17-13-5-1-2-6-14(13)26-18(17)19(21-15)22-9-3-4-10-22/h1-2,5-6H,3-4,7-12H2,(H,23,24). The summed E-state index contributed by atoms with van der Waals surface area (Å²) in [6, 6.07) is 7.88. The number of carboxylic acids is 1. The fourth-order valence-electron chi connectivity index (χ4n) is 3.30. The van der Waals surface area contributed by atoms with E-state index in [9.17, 15) is 4.79 Å². The molecular formula is C19H21N3O4. The number of carbonyl (C=O) groups is 1. The van der Waals surface area contributed by atoms with Crippen molar-refractivity contribution in [3.8, 4) is 0 Å². The lowest BCUT2D eigenvalue weighted by Crippen LogP contribution is -2.20. The number of aromatic nitrogens is 2. The van der Waals surface area contributed by atoms with Crippen LogP contribution in [0.3, 0.4) is 0 Å². The number of carboxylic acid groups (broad SMARTS) is 1. The zero-order chi connectivity index (χ0) is 17.9. The molecule has 1 fully saturated rings. The van der Waals surface area contributed by atoms with Gasteiger partial charge in [0.1, 0.15) is 16.9 Å². The van der Waals surface area contributed by atoms with Crippen molar-refractivity contribution in [1.29, 1.82) is 0 Å². The molecule has 0 saturated carbocycles. The van der Waals surface area contributed by atoms with Crippen molar-refractivity contribution in [3.05, 3.63) is 30.1 Å². The van der Waals surface area contributed by atoms with Crippen molar-refractivity contribution >= 4 is 33.9 Å². The quantitative estimate of drug-likeness (QED) is 0.652. The van der Waals surface area contributed by atoms with E-state index in [-0.39, 0.29) is 13.0 Å². The molecule has 0 unspecified atom stereocenters. The Bertz CT molecular complexity index is 931. The van der Waals surface area contributed by atoms with Gasteiger partial charge < -0.3 is 19.2 Å². The zero-order valence-corrected chi connectivity index (χ0v) is 14.5. The first kappa shape index (κ1) is 16.8. The molecule has 136 valence electrons. The minimum atomic E-state index is -0.858. The largest absolute Gasteiger partial charge is 0.481 e. The van der Waals surface area contributed by atoms with Gasteiger partial charge in [-0.3, -0.25) is 4.79 Å². The van der Waals surface area contributed by atoms with Crippen LogP contribution in [0, 0.1) is 0 Å². The summed E-state index contributed by atoms with van der Waals surface area (Å²) >= 11 is 0. The highest BCUT2D eigenvalue weighted by Crippen LogP contribution is 2.34. The molecule has 7 heteroatoms. The molecule has 1 N–H and O–H groups in total. The molecule has 0 amide bonds. The van der Waals surface area contributed by atoms with E-state index in [0.29, 0.717) is 18.9 Å². The first-order valence-electron chi connectivity index (χ1n) is 8.95. The molecule has 1 aromatic carbocycles. The Kier molecular flexibility index (Phi) is 4.71. The monoisotopic (exact) mass is 355 g/mol. The van der Waals surface area contributed by atoms with Gasteiger partial charge >= 0.3 is 5.97 Å². The molecule has 1 aliphatic rings. The number of hydrogen-bond donors (Lipinski definition) is 1. The van der Waals surface area contributed by atoms with E-state index >= 15 is 0 Å². The Hall–Kier alpha value is -2.67. The van der Waals surface area contributed by atoms with Crippen molar-refractivity contribution in [2.45, 2.75) is 25.7 Å². The molecule has 0 bridgehead atoms. The number of aliphatic carboxylic acids is 1. The summed E-state index contributed by atoms with van der Waals surface area (Å²) < 4.78 is 11.5. The minimum Gasteiger partial charge on any atom is -0.481 e. The summed E-state index contributed by atoms with van der Waals surface area (Å²) in [5.41, 5.74) is 2.38. The van der Waals surface area contributed by atoms with Gasteiger partial charge in [-0.15, -0.1) is 0 Å². The molecule has 7 nitrogen and oxygen atoms in total. The lowest BCUT2D eigenvalue weighted by Gasteiger charge is -2.17. The van der Waals surface area contributed by atoms with E-state index in [0.717, 1.165) is 53.8 Å². The van der Waals surface area contributed by atoms with Crippen LogP contribution in [0.1, 0.15) is 25.1 Å². The summed E-state index contributed by atoms with van der Waals surface area (Å²) in [6.07, 6.45) is 2.85. The number of anilines is 1. The Labute approximate surface area is 150 Å². The first-order chi connectivity index (χ1) is 12.7. The summed E-state index contributed by atoms with van der Waals surface area (Å²) in [4.78, 5) is 22.2. The summed E-state index contributed by atoms with van der Waals surface area (Å²) in [5, 5.41) is 9.65. The van der Waals surface area contributed by atoms with Gasteiger partial charge in [0.15, 0.2) is 11.4 Å². The molecule has 2 aromatic heterocycles. The molecule has 3 aromatic rings. The molecule has 26 heavy (non-hydrogen) atoms. The smallest absolute Gasteiger partial charge is 0.305 e. The van der Waals surface area contributed by atoms with E-state index in [4.69, 9.17) is 24.2 Å². The van der Waals surface area contributed by atoms with Gasteiger partial charge in [0.25, 0.3) is 0 Å². The predicted octanol–water partition coefficient (Wildman–Crippen LogP) is 3.01. The maximum Gasteiger partial charge on any atom is 0.305 e. The Balaban J connectivity index is 1.64. The predicted molar refractivity (Wildman–Crippen MR) is 97.5 cm³/mol. The van der Waals surface area contributed by atoms with Crippen molar-refractivity contribution in [2.24, 2.45) is 0 Å². The van der Waals surface area contributed by atoms with Crippen LogP contribution in [0.2, 0.25) is 0 Å². The maximum absolute atomic E-state index is 10.5. The molecule has 0 radical (unpaired) electrons. The lowest BCUT2D eigenvalue weighted by atomic mass is 10.2. The van der Waals surface area contributed by atoms with Gasteiger partial charge in [0.2, 0.25) is 0 Å². The van der Waals surface area contributed by atoms with Gasteiger partial charge in [-0.25, -0.2) is 9.97 Å². The van der Waals surface area contributed by atoms with E-state index in [1.807, 2.05) is 24.3 Å². The van der Waals surface area contributed by atoms with E-state index in [1.54, 1.807) is 0 Å². The van der Waals surface area contributed by atoms with Crippen LogP contribution >= 0.6 is 0 Å². The average Bonchev–Trinajstić information content (AvgIpc) is 3.28. The van der Waals surface area contributed by atoms with Crippen molar-refractivity contribution in [2.75, 3.05) is 31.2 Å². The van der Waals surface area contributed by atoms with Crippen LogP contribution in [0.5, 0.6) is 0 Å². The zero-order valence-electron chi connectivity index (χ0n) is 14.5. The number of hydrogen-bond acceptors (Lipinski definition) is 6. The number of ether oxygens (including phenoxy) is 1. The molecule has 4 rings (SSSR count). The topological polar surface area (TPSA) is 88.7 Å². The third-order valence-electron chi connectivity index (χ3n) is 4.58. The summed E-state index contributed by atoms with van der Waals surface area (Å²) in [6.45, 7) is 2.54. The number of benzene rings is 1. The fourth-order valence-corrected chi connectivity index (χ4v) is 3.30. The van der Waals surface area contributed by atoms with Crippen LogP contribution in [-0.4, -0.2) is 47.3 Å². The third kappa shape index (κ3) is 3.35. The SMILES string of the molecule is O=C(O)CCOCCc1nc(N2CCCC2)c2oc3ccccc3c2n1. The molecule has 1 saturated heterocycles. The lowest BCUT2D eigenvalue weighted by molar-refractivity contribution is -0.138. The number of furan rings is 1. The molecule has 0 spiro atoms. The highest BCUT2D eigenvalue weighted by atomic mass is 16.5. The van der Waals surface area contributed by atoms with Gasteiger partial charge in [0.05, 0.1) is 19.6 Å². The van der Waals surface area contributed by atoms with Crippen molar-refractivity contribution in [3.63, 3.8) is 0 Å². The normalized spacial score (nSPS) is 14.5. The number of fused-ring (bicyclic) bond motifs is 3. The van der Waals surface area contributed by atoms with Gasteiger partial charge in [-0.05, 0) is 25.0 Å². The number of nitrogens with zero attached hydrogens (tertiary/aromatic N) is 3. The minimum absolute atomic E-state index is 0.00525. The molecule has 0 aliphatic carbocycles. The van der Waals surface area contributed by atoms with E-state index < -0.39 is 5.97 Å². The van der Waals surface area contributed by atoms with E-state index in [2.05, 4.69) is 4.90 Å². The molecule has 3 heterocycles. The van der Waals surface area contributed by atoms with Crippen LogP contribution < -0.4 is 4.90 Å². The number of rotatable bonds is 7. The van der Waals surface area contributed by atoms with Crippen molar-refractivity contribution in [1.82, 2.24) is 9.97 Å². The highest BCUT2D eigenvalue weighted by molar-refractivity contribution is 6.05. The van der Waals surface area contributed by atoms with Crippen molar-refractivity contribution < 1.29 is 19.1 Å². The summed E-state index contributed by atoms with van der Waals surface area (Å²) in [7, 11) is 0. The average molecular weight is 355 g/mol. The Morgan fingerprint density at radius 1 is 1.19 bits per heavy atom. The van der Waals surface area contributed by atoms with Crippen LogP contribution in [0.25, 0.3) is 22.1 Å². The first-order valence-corrected chi connectivity index (χ1v) is 8.95. The number of para-hydroxylation sites is 1. The van der Waals surface area contributed by atoms with Crippen LogP contribution in [-0.2, 0) is 16.0 Å². The highest BCUT2D eigenvalue weighted by Gasteiger charge is 2.22. The molecule has 0 atom stereocenters.